The Bertz CT molecular complexity index is 418. The van der Waals surface area contributed by atoms with E-state index in [2.05, 4.69) is 37.8 Å². The van der Waals surface area contributed by atoms with E-state index in [1.165, 1.54) is 37.9 Å². The fourth-order valence-corrected chi connectivity index (χ4v) is 3.09. The first-order valence-corrected chi connectivity index (χ1v) is 8.44. The van der Waals surface area contributed by atoms with Gasteiger partial charge in [0, 0.05) is 11.6 Å². The van der Waals surface area contributed by atoms with Gasteiger partial charge in [0.25, 0.3) is 0 Å². The molecule has 0 radical (unpaired) electrons. The van der Waals surface area contributed by atoms with E-state index in [4.69, 9.17) is 16.3 Å². The summed E-state index contributed by atoms with van der Waals surface area (Å²) in [6.45, 7) is 11.0. The summed E-state index contributed by atoms with van der Waals surface area (Å²) in [7, 11) is 0. The van der Waals surface area contributed by atoms with Crippen molar-refractivity contribution < 1.29 is 4.74 Å². The molecule has 0 N–H and O–H groups in total. The maximum Gasteiger partial charge on any atom is 0.0873 e. The third kappa shape index (κ3) is 5.28. The van der Waals surface area contributed by atoms with Gasteiger partial charge in [-0.1, -0.05) is 50.9 Å². The highest BCUT2D eigenvalue weighted by atomic mass is 35.5. The zero-order chi connectivity index (χ0) is 15.3. The molecular weight excluding hydrogens is 282 g/mol. The van der Waals surface area contributed by atoms with E-state index in [9.17, 15) is 0 Å². The predicted molar refractivity (Wildman–Crippen MR) is 89.9 cm³/mol. The zero-order valence-electron chi connectivity index (χ0n) is 13.6. The van der Waals surface area contributed by atoms with Gasteiger partial charge < -0.3 is 9.64 Å². The topological polar surface area (TPSA) is 12.5 Å². The van der Waals surface area contributed by atoms with Gasteiger partial charge in [0.2, 0.25) is 0 Å². The first-order chi connectivity index (χ1) is 9.97. The van der Waals surface area contributed by atoms with E-state index in [1.807, 2.05) is 12.1 Å². The first-order valence-electron chi connectivity index (χ1n) is 8.06. The second-order valence-electron chi connectivity index (χ2n) is 7.07. The van der Waals surface area contributed by atoms with Crippen LogP contribution in [0, 0.1) is 5.41 Å². The van der Waals surface area contributed by atoms with Crippen LogP contribution in [-0.2, 0) is 4.74 Å². The molecule has 1 aromatic carbocycles. The largest absolute Gasteiger partial charge is 0.372 e. The van der Waals surface area contributed by atoms with Crippen LogP contribution in [0.4, 0.5) is 0 Å². The minimum atomic E-state index is 0.0791. The molecule has 0 aliphatic carbocycles. The van der Waals surface area contributed by atoms with Crippen LogP contribution in [0.5, 0.6) is 0 Å². The summed E-state index contributed by atoms with van der Waals surface area (Å²) in [4.78, 5) is 2.52. The van der Waals surface area contributed by atoms with Crippen molar-refractivity contribution in [3.05, 3.63) is 34.9 Å². The number of halogens is 1. The van der Waals surface area contributed by atoms with E-state index < -0.39 is 0 Å². The third-order valence-corrected chi connectivity index (χ3v) is 4.35. The summed E-state index contributed by atoms with van der Waals surface area (Å²) in [6, 6.07) is 8.06. The van der Waals surface area contributed by atoms with Gasteiger partial charge >= 0.3 is 0 Å². The lowest BCUT2D eigenvalue weighted by atomic mass is 9.84. The van der Waals surface area contributed by atoms with Crippen molar-refractivity contribution in [3.8, 4) is 0 Å². The SMILES string of the molecule is CC(C)(C)C(OCCN1CCCCC1)c1ccc(Cl)cc1. The second-order valence-corrected chi connectivity index (χ2v) is 7.51. The molecule has 0 saturated carbocycles. The van der Waals surface area contributed by atoms with Gasteiger partial charge in [0.05, 0.1) is 12.7 Å². The van der Waals surface area contributed by atoms with Crippen LogP contribution in [0.1, 0.15) is 51.7 Å². The summed E-state index contributed by atoms with van der Waals surface area (Å²) in [5, 5.41) is 0.778. The van der Waals surface area contributed by atoms with Gasteiger partial charge in [0.1, 0.15) is 0 Å². The minimum absolute atomic E-state index is 0.0791. The predicted octanol–water partition coefficient (Wildman–Crippen LogP) is 4.93. The minimum Gasteiger partial charge on any atom is -0.372 e. The number of hydrogen-bond acceptors (Lipinski definition) is 2. The standard InChI is InChI=1S/C18H28ClNO/c1-18(2,3)17(15-7-9-16(19)10-8-15)21-14-13-20-11-5-4-6-12-20/h7-10,17H,4-6,11-14H2,1-3H3. The van der Waals surface area contributed by atoms with Crippen LogP contribution in [0.15, 0.2) is 24.3 Å². The highest BCUT2D eigenvalue weighted by molar-refractivity contribution is 6.30. The van der Waals surface area contributed by atoms with E-state index in [0.29, 0.717) is 0 Å². The van der Waals surface area contributed by atoms with Gasteiger partial charge in [-0.3, -0.25) is 0 Å². The number of piperidine rings is 1. The smallest absolute Gasteiger partial charge is 0.0873 e. The van der Waals surface area contributed by atoms with Crippen molar-refractivity contribution in [2.45, 2.75) is 46.1 Å². The molecule has 1 aliphatic rings. The Hall–Kier alpha value is -0.570. The van der Waals surface area contributed by atoms with Gasteiger partial charge in [-0.05, 0) is 49.0 Å². The lowest BCUT2D eigenvalue weighted by molar-refractivity contribution is -0.0291. The highest BCUT2D eigenvalue weighted by Gasteiger charge is 2.27. The molecule has 1 fully saturated rings. The first kappa shape index (κ1) is 16.8. The van der Waals surface area contributed by atoms with E-state index >= 15 is 0 Å². The molecule has 21 heavy (non-hydrogen) atoms. The molecule has 118 valence electrons. The van der Waals surface area contributed by atoms with Crippen molar-refractivity contribution in [2.75, 3.05) is 26.2 Å². The fraction of sp³-hybridized carbons (Fsp3) is 0.667. The van der Waals surface area contributed by atoms with Crippen LogP contribution in [0.25, 0.3) is 0 Å². The molecule has 1 aromatic rings. The van der Waals surface area contributed by atoms with Crippen LogP contribution < -0.4 is 0 Å². The molecule has 0 bridgehead atoms. The monoisotopic (exact) mass is 309 g/mol. The summed E-state index contributed by atoms with van der Waals surface area (Å²) >= 11 is 5.99. The van der Waals surface area contributed by atoms with Crippen LogP contribution >= 0.6 is 11.6 Å². The lowest BCUT2D eigenvalue weighted by Gasteiger charge is -2.33. The maximum absolute atomic E-state index is 6.25. The normalized spacial score (nSPS) is 18.7. The molecule has 1 aliphatic heterocycles. The highest BCUT2D eigenvalue weighted by Crippen LogP contribution is 2.36. The molecular formula is C18H28ClNO. The molecule has 0 amide bonds. The van der Waals surface area contributed by atoms with Gasteiger partial charge in [-0.25, -0.2) is 0 Å². The number of nitrogens with zero attached hydrogens (tertiary/aromatic N) is 1. The molecule has 0 aromatic heterocycles. The van der Waals surface area contributed by atoms with E-state index in [0.717, 1.165) is 18.2 Å². The number of benzene rings is 1. The van der Waals surface area contributed by atoms with E-state index in [-0.39, 0.29) is 11.5 Å². The molecule has 1 unspecified atom stereocenters. The molecule has 2 rings (SSSR count). The Morgan fingerprint density at radius 1 is 1.10 bits per heavy atom. The van der Waals surface area contributed by atoms with Crippen molar-refractivity contribution in [1.29, 1.82) is 0 Å². The van der Waals surface area contributed by atoms with Gasteiger partial charge in [0.15, 0.2) is 0 Å². The molecule has 3 heteroatoms. The number of ether oxygens (including phenoxy) is 1. The van der Waals surface area contributed by atoms with Crippen molar-refractivity contribution in [1.82, 2.24) is 4.90 Å². The Morgan fingerprint density at radius 2 is 1.71 bits per heavy atom. The third-order valence-electron chi connectivity index (χ3n) is 4.10. The van der Waals surface area contributed by atoms with Crippen LogP contribution in [0.2, 0.25) is 5.02 Å². The zero-order valence-corrected chi connectivity index (χ0v) is 14.3. The Balaban J connectivity index is 1.92. The van der Waals surface area contributed by atoms with Crippen LogP contribution in [-0.4, -0.2) is 31.1 Å². The van der Waals surface area contributed by atoms with Crippen molar-refractivity contribution in [3.63, 3.8) is 0 Å². The Kier molecular flexibility index (Phi) is 6.09. The fourth-order valence-electron chi connectivity index (χ4n) is 2.97. The van der Waals surface area contributed by atoms with Crippen LogP contribution in [0.3, 0.4) is 0 Å². The van der Waals surface area contributed by atoms with E-state index in [1.54, 1.807) is 0 Å². The average molecular weight is 310 g/mol. The summed E-state index contributed by atoms with van der Waals surface area (Å²) in [6.07, 6.45) is 4.16. The molecule has 2 nitrogen and oxygen atoms in total. The summed E-state index contributed by atoms with van der Waals surface area (Å²) < 4.78 is 6.25. The summed E-state index contributed by atoms with van der Waals surface area (Å²) in [5.74, 6) is 0. The van der Waals surface area contributed by atoms with Gasteiger partial charge in [-0.15, -0.1) is 0 Å². The van der Waals surface area contributed by atoms with Gasteiger partial charge in [-0.2, -0.15) is 0 Å². The number of hydrogen-bond donors (Lipinski definition) is 0. The second kappa shape index (κ2) is 7.62. The molecule has 1 heterocycles. The molecule has 0 spiro atoms. The molecule has 1 saturated heterocycles. The number of rotatable bonds is 5. The average Bonchev–Trinajstić information content (AvgIpc) is 2.45. The molecule has 1 atom stereocenters. The quantitative estimate of drug-likeness (QED) is 0.764. The van der Waals surface area contributed by atoms with Crippen molar-refractivity contribution >= 4 is 11.6 Å². The lowest BCUT2D eigenvalue weighted by Crippen LogP contribution is -2.34. The maximum atomic E-state index is 6.25. The van der Waals surface area contributed by atoms with Crippen molar-refractivity contribution in [2.24, 2.45) is 5.41 Å². The summed E-state index contributed by atoms with van der Waals surface area (Å²) in [5.41, 5.74) is 1.29. The number of likely N-dealkylation sites (tertiary alicyclic amines) is 1. The Labute approximate surface area is 134 Å². The Morgan fingerprint density at radius 3 is 2.29 bits per heavy atom.